The number of carbonyl (C=O) groups excluding carboxylic acids is 1. The van der Waals surface area contributed by atoms with E-state index in [1.165, 1.54) is 7.11 Å². The fraction of sp³-hybridized carbons (Fsp3) is 0.333. The monoisotopic (exact) mass is 322 g/mol. The summed E-state index contributed by atoms with van der Waals surface area (Å²) in [6.07, 6.45) is 0. The maximum absolute atomic E-state index is 12.1. The van der Waals surface area contributed by atoms with E-state index in [1.54, 1.807) is 33.3 Å². The number of allylic oxidation sites excluding steroid dienone is 1. The lowest BCUT2D eigenvalue weighted by molar-refractivity contribution is -0.136. The Morgan fingerprint density at radius 3 is 2.45 bits per heavy atom. The van der Waals surface area contributed by atoms with Gasteiger partial charge < -0.3 is 24.8 Å². The highest BCUT2D eigenvalue weighted by Gasteiger charge is 2.31. The van der Waals surface area contributed by atoms with Gasteiger partial charge in [0.25, 0.3) is 0 Å². The van der Waals surface area contributed by atoms with E-state index in [0.717, 1.165) is 5.56 Å². The number of esters is 1. The summed E-state index contributed by atoms with van der Waals surface area (Å²) in [6.45, 7) is 1.78. The molecule has 6 nitrogen and oxygen atoms in total. The quantitative estimate of drug-likeness (QED) is 0.645. The predicted octanol–water partition coefficient (Wildman–Crippen LogP) is 1.67. The van der Waals surface area contributed by atoms with Gasteiger partial charge in [0.2, 0.25) is 0 Å². The fourth-order valence-corrected chi connectivity index (χ4v) is 2.63. The number of hydrogen-bond acceptors (Lipinski definition) is 5. The second-order valence-electron chi connectivity index (χ2n) is 4.68. The number of carbonyl (C=O) groups is 1. The van der Waals surface area contributed by atoms with E-state index in [0.29, 0.717) is 27.9 Å². The Labute approximate surface area is 134 Å². The number of benzene rings is 1. The van der Waals surface area contributed by atoms with Crippen LogP contribution in [0, 0.1) is 0 Å². The lowest BCUT2D eigenvalue weighted by Gasteiger charge is -2.29. The van der Waals surface area contributed by atoms with Crippen LogP contribution in [-0.4, -0.2) is 32.4 Å². The molecule has 0 aromatic heterocycles. The van der Waals surface area contributed by atoms with Crippen molar-refractivity contribution in [2.45, 2.75) is 13.0 Å². The van der Waals surface area contributed by atoms with Gasteiger partial charge in [-0.1, -0.05) is 6.07 Å². The molecular weight excluding hydrogens is 304 g/mol. The van der Waals surface area contributed by atoms with Crippen LogP contribution in [0.1, 0.15) is 18.5 Å². The Balaban J connectivity index is 2.50. The molecule has 1 aliphatic rings. The van der Waals surface area contributed by atoms with Crippen molar-refractivity contribution < 1.29 is 19.0 Å². The number of nitrogens with one attached hydrogen (secondary N) is 2. The molecule has 0 aliphatic carbocycles. The largest absolute Gasteiger partial charge is 0.493 e. The predicted molar refractivity (Wildman–Crippen MR) is 85.9 cm³/mol. The van der Waals surface area contributed by atoms with Crippen LogP contribution in [0.15, 0.2) is 29.5 Å². The van der Waals surface area contributed by atoms with Gasteiger partial charge in [0.1, 0.15) is 0 Å². The molecule has 0 amide bonds. The van der Waals surface area contributed by atoms with Crippen molar-refractivity contribution in [1.29, 1.82) is 0 Å². The first-order chi connectivity index (χ1) is 10.5. The molecule has 118 valence electrons. The smallest absolute Gasteiger partial charge is 0.337 e. The summed E-state index contributed by atoms with van der Waals surface area (Å²) >= 11 is 5.18. The zero-order valence-corrected chi connectivity index (χ0v) is 13.7. The first-order valence-electron chi connectivity index (χ1n) is 6.60. The summed E-state index contributed by atoms with van der Waals surface area (Å²) in [5.74, 6) is 0.774. The van der Waals surface area contributed by atoms with E-state index in [1.807, 2.05) is 6.07 Å². The maximum Gasteiger partial charge on any atom is 0.337 e. The van der Waals surface area contributed by atoms with E-state index in [-0.39, 0.29) is 0 Å². The Morgan fingerprint density at radius 1 is 1.18 bits per heavy atom. The van der Waals surface area contributed by atoms with Crippen LogP contribution < -0.4 is 20.1 Å². The Kier molecular flexibility index (Phi) is 4.87. The normalized spacial score (nSPS) is 17.5. The summed E-state index contributed by atoms with van der Waals surface area (Å²) in [5, 5.41) is 6.47. The highest BCUT2D eigenvalue weighted by atomic mass is 32.1. The molecule has 1 aliphatic heterocycles. The molecule has 1 aromatic rings. The second-order valence-corrected chi connectivity index (χ2v) is 5.08. The average Bonchev–Trinajstić information content (AvgIpc) is 2.52. The zero-order chi connectivity index (χ0) is 16.3. The third-order valence-electron chi connectivity index (χ3n) is 3.42. The fourth-order valence-electron chi connectivity index (χ4n) is 2.36. The van der Waals surface area contributed by atoms with Gasteiger partial charge in [-0.2, -0.15) is 0 Å². The van der Waals surface area contributed by atoms with Crippen LogP contribution in [0.2, 0.25) is 0 Å². The first kappa shape index (κ1) is 16.1. The molecule has 0 radical (unpaired) electrons. The van der Waals surface area contributed by atoms with E-state index >= 15 is 0 Å². The summed E-state index contributed by atoms with van der Waals surface area (Å²) in [4.78, 5) is 12.1. The number of thiocarbonyl (C=S) groups is 1. The summed E-state index contributed by atoms with van der Waals surface area (Å²) < 4.78 is 15.4. The van der Waals surface area contributed by atoms with Gasteiger partial charge in [0.15, 0.2) is 16.6 Å². The molecule has 1 atom stereocenters. The molecule has 1 aromatic carbocycles. The Morgan fingerprint density at radius 2 is 1.86 bits per heavy atom. The number of methoxy groups -OCH3 is 3. The molecule has 2 rings (SSSR count). The van der Waals surface area contributed by atoms with Crippen molar-refractivity contribution in [3.05, 3.63) is 35.0 Å². The topological polar surface area (TPSA) is 68.8 Å². The van der Waals surface area contributed by atoms with Gasteiger partial charge in [-0.15, -0.1) is 0 Å². The van der Waals surface area contributed by atoms with Crippen molar-refractivity contribution in [2.75, 3.05) is 21.3 Å². The van der Waals surface area contributed by atoms with Crippen molar-refractivity contribution in [3.8, 4) is 11.5 Å². The highest BCUT2D eigenvalue weighted by Crippen LogP contribution is 2.34. The molecule has 7 heteroatoms. The lowest BCUT2D eigenvalue weighted by atomic mass is 9.95. The zero-order valence-electron chi connectivity index (χ0n) is 12.9. The minimum atomic E-state index is -0.417. The van der Waals surface area contributed by atoms with E-state index in [9.17, 15) is 4.79 Å². The van der Waals surface area contributed by atoms with Crippen LogP contribution in [-0.2, 0) is 9.53 Å². The molecule has 22 heavy (non-hydrogen) atoms. The van der Waals surface area contributed by atoms with Gasteiger partial charge in [-0.3, -0.25) is 0 Å². The molecule has 0 spiro atoms. The SMILES string of the molecule is COC(=O)C1=C(C)NC(=S)N[C@H]1c1ccc(OC)c(OC)c1. The minimum absolute atomic E-state index is 0.416. The van der Waals surface area contributed by atoms with Crippen LogP contribution >= 0.6 is 12.2 Å². The molecule has 0 saturated heterocycles. The third-order valence-corrected chi connectivity index (χ3v) is 3.64. The first-order valence-corrected chi connectivity index (χ1v) is 7.01. The van der Waals surface area contributed by atoms with Crippen LogP contribution in [0.5, 0.6) is 11.5 Å². The van der Waals surface area contributed by atoms with E-state index in [4.69, 9.17) is 26.4 Å². The molecule has 0 saturated carbocycles. The summed E-state index contributed by atoms with van der Waals surface area (Å²) in [7, 11) is 4.48. The van der Waals surface area contributed by atoms with E-state index in [2.05, 4.69) is 10.6 Å². The van der Waals surface area contributed by atoms with Crippen molar-refractivity contribution in [1.82, 2.24) is 10.6 Å². The van der Waals surface area contributed by atoms with Crippen LogP contribution in [0.4, 0.5) is 0 Å². The number of ether oxygens (including phenoxy) is 3. The summed E-state index contributed by atoms with van der Waals surface area (Å²) in [6, 6.07) is 5.02. The minimum Gasteiger partial charge on any atom is -0.493 e. The van der Waals surface area contributed by atoms with Gasteiger partial charge in [-0.25, -0.2) is 4.79 Å². The number of hydrogen-bond donors (Lipinski definition) is 2. The number of rotatable bonds is 4. The molecule has 0 unspecified atom stereocenters. The van der Waals surface area contributed by atoms with Crippen LogP contribution in [0.3, 0.4) is 0 Å². The van der Waals surface area contributed by atoms with Gasteiger partial charge in [-0.05, 0) is 36.8 Å². The Hall–Kier alpha value is -2.28. The van der Waals surface area contributed by atoms with Gasteiger partial charge in [0.05, 0.1) is 32.9 Å². The van der Waals surface area contributed by atoms with Crippen LogP contribution in [0.25, 0.3) is 0 Å². The molecule has 0 bridgehead atoms. The Bertz CT molecular complexity index is 642. The second kappa shape index (κ2) is 6.65. The average molecular weight is 322 g/mol. The van der Waals surface area contributed by atoms with Crippen molar-refractivity contribution in [2.24, 2.45) is 0 Å². The van der Waals surface area contributed by atoms with Crippen molar-refractivity contribution >= 4 is 23.3 Å². The highest BCUT2D eigenvalue weighted by molar-refractivity contribution is 7.80. The standard InChI is InChI=1S/C15H18N2O4S/c1-8-12(14(18)21-4)13(17-15(22)16-8)9-5-6-10(19-2)11(7-9)20-3/h5-7,13H,1-4H3,(H2,16,17,22)/t13-/m0/s1. The third kappa shape index (κ3) is 2.99. The van der Waals surface area contributed by atoms with Gasteiger partial charge in [0, 0.05) is 5.70 Å². The molecule has 1 heterocycles. The summed E-state index contributed by atoms with van der Waals surface area (Å²) in [5.41, 5.74) is 1.96. The van der Waals surface area contributed by atoms with E-state index < -0.39 is 12.0 Å². The molecular formula is C15H18N2O4S. The van der Waals surface area contributed by atoms with Crippen molar-refractivity contribution in [3.63, 3.8) is 0 Å². The molecule has 0 fully saturated rings. The van der Waals surface area contributed by atoms with Gasteiger partial charge >= 0.3 is 5.97 Å². The lowest BCUT2D eigenvalue weighted by Crippen LogP contribution is -2.45. The maximum atomic E-state index is 12.1. The molecule has 2 N–H and O–H groups in total.